The Morgan fingerprint density at radius 1 is 1.04 bits per heavy atom. The molecule has 1 amide bonds. The lowest BCUT2D eigenvalue weighted by atomic mass is 10.0. The SMILES string of the molecule is CC(C)c1ccc(OCC(=O)N[C@@H](C)c2ccc(-n3cncn3)cc2)cc1. The average Bonchev–Trinajstić information content (AvgIpc) is 3.21. The molecule has 0 fully saturated rings. The van der Waals surface area contributed by atoms with Crippen molar-refractivity contribution in [3.8, 4) is 11.4 Å². The molecule has 3 aromatic rings. The first kappa shape index (κ1) is 18.6. The van der Waals surface area contributed by atoms with Crippen LogP contribution in [-0.4, -0.2) is 27.3 Å². The molecule has 0 aliphatic rings. The van der Waals surface area contributed by atoms with Crippen molar-refractivity contribution in [2.75, 3.05) is 6.61 Å². The maximum Gasteiger partial charge on any atom is 0.258 e. The predicted octanol–water partition coefficient (Wildman–Crippen LogP) is 3.65. The molecule has 1 N–H and O–H groups in total. The molecule has 0 aliphatic heterocycles. The molecule has 3 rings (SSSR count). The maximum absolute atomic E-state index is 12.2. The van der Waals surface area contributed by atoms with Gasteiger partial charge in [-0.05, 0) is 48.2 Å². The first-order valence-corrected chi connectivity index (χ1v) is 9.00. The molecule has 0 saturated heterocycles. The number of aromatic nitrogens is 3. The Labute approximate surface area is 159 Å². The predicted molar refractivity (Wildman–Crippen MR) is 104 cm³/mol. The molecule has 0 radical (unpaired) electrons. The fourth-order valence-corrected chi connectivity index (χ4v) is 2.72. The number of carbonyl (C=O) groups excluding carboxylic acids is 1. The van der Waals surface area contributed by atoms with Gasteiger partial charge in [0.1, 0.15) is 18.4 Å². The summed E-state index contributed by atoms with van der Waals surface area (Å²) < 4.78 is 7.26. The van der Waals surface area contributed by atoms with E-state index in [2.05, 4.69) is 29.2 Å². The highest BCUT2D eigenvalue weighted by atomic mass is 16.5. The quantitative estimate of drug-likeness (QED) is 0.695. The van der Waals surface area contributed by atoms with Crippen molar-refractivity contribution in [3.05, 3.63) is 72.3 Å². The smallest absolute Gasteiger partial charge is 0.258 e. The van der Waals surface area contributed by atoms with Gasteiger partial charge in [0.05, 0.1) is 11.7 Å². The minimum atomic E-state index is -0.157. The van der Waals surface area contributed by atoms with Crippen LogP contribution in [0.1, 0.15) is 43.9 Å². The molecule has 1 heterocycles. The Bertz CT molecular complexity index is 856. The van der Waals surface area contributed by atoms with Crippen molar-refractivity contribution in [1.29, 1.82) is 0 Å². The second-order valence-corrected chi connectivity index (χ2v) is 6.73. The standard InChI is InChI=1S/C21H24N4O2/c1-15(2)17-6-10-20(11-7-17)27-12-21(26)24-16(3)18-4-8-19(9-5-18)25-14-22-13-23-25/h4-11,13-16H,12H2,1-3H3,(H,24,26)/t16-/m0/s1. The van der Waals surface area contributed by atoms with Crippen molar-refractivity contribution >= 4 is 5.91 Å². The largest absolute Gasteiger partial charge is 0.484 e. The van der Waals surface area contributed by atoms with E-state index in [1.165, 1.54) is 11.9 Å². The minimum absolute atomic E-state index is 0.0115. The van der Waals surface area contributed by atoms with Crippen LogP contribution in [0, 0.1) is 0 Å². The third-order valence-corrected chi connectivity index (χ3v) is 4.37. The van der Waals surface area contributed by atoms with Gasteiger partial charge in [-0.25, -0.2) is 9.67 Å². The number of benzene rings is 2. The third-order valence-electron chi connectivity index (χ3n) is 4.37. The summed E-state index contributed by atoms with van der Waals surface area (Å²) in [6.45, 7) is 6.22. The van der Waals surface area contributed by atoms with Crippen molar-refractivity contribution in [2.45, 2.75) is 32.7 Å². The molecule has 0 unspecified atom stereocenters. The van der Waals surface area contributed by atoms with Gasteiger partial charge in [0, 0.05) is 0 Å². The van der Waals surface area contributed by atoms with E-state index in [1.54, 1.807) is 11.0 Å². The van der Waals surface area contributed by atoms with Gasteiger partial charge in [-0.15, -0.1) is 0 Å². The summed E-state index contributed by atoms with van der Waals surface area (Å²) >= 11 is 0. The number of rotatable bonds is 7. The highest BCUT2D eigenvalue weighted by molar-refractivity contribution is 5.78. The van der Waals surface area contributed by atoms with E-state index in [0.717, 1.165) is 11.3 Å². The van der Waals surface area contributed by atoms with Crippen LogP contribution in [0.3, 0.4) is 0 Å². The number of nitrogens with zero attached hydrogens (tertiary/aromatic N) is 3. The molecule has 0 bridgehead atoms. The van der Waals surface area contributed by atoms with Crippen LogP contribution in [0.4, 0.5) is 0 Å². The van der Waals surface area contributed by atoms with Gasteiger partial charge in [0.15, 0.2) is 6.61 Å². The second-order valence-electron chi connectivity index (χ2n) is 6.73. The Morgan fingerprint density at radius 2 is 1.70 bits per heavy atom. The Hall–Kier alpha value is -3.15. The topological polar surface area (TPSA) is 69.0 Å². The van der Waals surface area contributed by atoms with Gasteiger partial charge in [0.25, 0.3) is 5.91 Å². The fourth-order valence-electron chi connectivity index (χ4n) is 2.72. The zero-order chi connectivity index (χ0) is 19.2. The summed E-state index contributed by atoms with van der Waals surface area (Å²) in [6.07, 6.45) is 3.14. The van der Waals surface area contributed by atoms with Crippen LogP contribution in [0.15, 0.2) is 61.2 Å². The van der Waals surface area contributed by atoms with E-state index in [-0.39, 0.29) is 18.6 Å². The lowest BCUT2D eigenvalue weighted by Gasteiger charge is -2.15. The number of hydrogen-bond acceptors (Lipinski definition) is 4. The molecule has 6 nitrogen and oxygen atoms in total. The number of amides is 1. The van der Waals surface area contributed by atoms with Gasteiger partial charge >= 0.3 is 0 Å². The lowest BCUT2D eigenvalue weighted by molar-refractivity contribution is -0.123. The summed E-state index contributed by atoms with van der Waals surface area (Å²) in [4.78, 5) is 16.1. The number of nitrogens with one attached hydrogen (secondary N) is 1. The number of carbonyl (C=O) groups is 1. The van der Waals surface area contributed by atoms with Crippen LogP contribution in [-0.2, 0) is 4.79 Å². The summed E-state index contributed by atoms with van der Waals surface area (Å²) in [5.74, 6) is 1.01. The minimum Gasteiger partial charge on any atom is -0.484 e. The fraction of sp³-hybridized carbons (Fsp3) is 0.286. The van der Waals surface area contributed by atoms with Gasteiger partial charge in [-0.3, -0.25) is 4.79 Å². The zero-order valence-electron chi connectivity index (χ0n) is 15.8. The molecule has 0 aliphatic carbocycles. The third kappa shape index (κ3) is 4.94. The highest BCUT2D eigenvalue weighted by Gasteiger charge is 2.11. The van der Waals surface area contributed by atoms with Crippen LogP contribution in [0.2, 0.25) is 0 Å². The monoisotopic (exact) mass is 364 g/mol. The van der Waals surface area contributed by atoms with Crippen LogP contribution in [0.5, 0.6) is 5.75 Å². The van der Waals surface area contributed by atoms with E-state index in [9.17, 15) is 4.79 Å². The van der Waals surface area contributed by atoms with Crippen LogP contribution >= 0.6 is 0 Å². The summed E-state index contributed by atoms with van der Waals surface area (Å²) in [7, 11) is 0. The van der Waals surface area contributed by atoms with E-state index in [1.807, 2.05) is 55.5 Å². The Kier molecular flexibility index (Phi) is 5.86. The lowest BCUT2D eigenvalue weighted by Crippen LogP contribution is -2.31. The second kappa shape index (κ2) is 8.49. The molecular weight excluding hydrogens is 340 g/mol. The van der Waals surface area contributed by atoms with Crippen molar-refractivity contribution in [1.82, 2.24) is 20.1 Å². The van der Waals surface area contributed by atoms with Gasteiger partial charge in [-0.1, -0.05) is 38.1 Å². The van der Waals surface area contributed by atoms with Crippen molar-refractivity contribution in [3.63, 3.8) is 0 Å². The molecule has 0 spiro atoms. The van der Waals surface area contributed by atoms with Gasteiger partial charge in [0.2, 0.25) is 0 Å². The molecule has 1 aromatic heterocycles. The number of hydrogen-bond donors (Lipinski definition) is 1. The van der Waals surface area contributed by atoms with Crippen molar-refractivity contribution in [2.24, 2.45) is 0 Å². The highest BCUT2D eigenvalue weighted by Crippen LogP contribution is 2.19. The Morgan fingerprint density at radius 3 is 2.30 bits per heavy atom. The van der Waals surface area contributed by atoms with Gasteiger partial charge in [-0.2, -0.15) is 5.10 Å². The van der Waals surface area contributed by atoms with Crippen LogP contribution < -0.4 is 10.1 Å². The number of ether oxygens (including phenoxy) is 1. The van der Waals surface area contributed by atoms with E-state index in [4.69, 9.17) is 4.74 Å². The molecule has 2 aromatic carbocycles. The summed E-state index contributed by atoms with van der Waals surface area (Å²) in [5, 5.41) is 7.05. The molecular formula is C21H24N4O2. The molecule has 1 atom stereocenters. The molecule has 6 heteroatoms. The molecule has 0 saturated carbocycles. The molecule has 140 valence electrons. The summed E-state index contributed by atoms with van der Waals surface area (Å²) in [6, 6.07) is 15.5. The first-order chi connectivity index (χ1) is 13.0. The van der Waals surface area contributed by atoms with E-state index >= 15 is 0 Å². The maximum atomic E-state index is 12.2. The molecule has 27 heavy (non-hydrogen) atoms. The normalized spacial score (nSPS) is 12.0. The average molecular weight is 364 g/mol. The van der Waals surface area contributed by atoms with E-state index in [0.29, 0.717) is 11.7 Å². The first-order valence-electron chi connectivity index (χ1n) is 9.00. The zero-order valence-corrected chi connectivity index (χ0v) is 15.8. The summed E-state index contributed by atoms with van der Waals surface area (Å²) in [5.41, 5.74) is 3.17. The van der Waals surface area contributed by atoms with Crippen molar-refractivity contribution < 1.29 is 9.53 Å². The Balaban J connectivity index is 1.51. The van der Waals surface area contributed by atoms with E-state index < -0.39 is 0 Å². The van der Waals surface area contributed by atoms with Gasteiger partial charge < -0.3 is 10.1 Å². The van der Waals surface area contributed by atoms with Crippen LogP contribution in [0.25, 0.3) is 5.69 Å².